The van der Waals surface area contributed by atoms with E-state index in [9.17, 15) is 5.11 Å². The number of aliphatic hydroxyl groups is 1. The van der Waals surface area contributed by atoms with Crippen LogP contribution in [0.1, 0.15) is 53.4 Å². The van der Waals surface area contributed by atoms with Crippen molar-refractivity contribution >= 4 is 0 Å². The Balaban J connectivity index is 2.09. The Hall–Kier alpha value is -0.0800. The highest BCUT2D eigenvalue weighted by atomic mass is 16.3. The Morgan fingerprint density at radius 1 is 1.25 bits per heavy atom. The third-order valence-electron chi connectivity index (χ3n) is 4.74. The van der Waals surface area contributed by atoms with Crippen LogP contribution in [0.4, 0.5) is 0 Å². The minimum absolute atomic E-state index is 0.106. The van der Waals surface area contributed by atoms with E-state index in [2.05, 4.69) is 32.6 Å². The molecule has 0 aromatic heterocycles. The van der Waals surface area contributed by atoms with Gasteiger partial charge >= 0.3 is 0 Å². The minimum Gasteiger partial charge on any atom is -0.391 e. The first-order valence-corrected chi connectivity index (χ1v) is 6.85. The largest absolute Gasteiger partial charge is 0.391 e. The first-order chi connectivity index (χ1) is 7.42. The zero-order valence-corrected chi connectivity index (χ0v) is 11.2. The first-order valence-electron chi connectivity index (χ1n) is 6.85. The summed E-state index contributed by atoms with van der Waals surface area (Å²) >= 11 is 0. The van der Waals surface area contributed by atoms with E-state index in [4.69, 9.17) is 0 Å². The van der Waals surface area contributed by atoms with Crippen molar-refractivity contribution in [2.24, 2.45) is 11.3 Å². The molecule has 1 saturated carbocycles. The fourth-order valence-corrected chi connectivity index (χ4v) is 3.73. The first kappa shape index (κ1) is 12.4. The van der Waals surface area contributed by atoms with Crippen molar-refractivity contribution < 1.29 is 5.11 Å². The third-order valence-corrected chi connectivity index (χ3v) is 4.74. The monoisotopic (exact) mass is 225 g/mol. The molecule has 2 nitrogen and oxygen atoms in total. The molecule has 0 spiro atoms. The molecule has 0 aromatic carbocycles. The predicted molar refractivity (Wildman–Crippen MR) is 67.4 cm³/mol. The van der Waals surface area contributed by atoms with Gasteiger partial charge in [-0.05, 0) is 37.5 Å². The summed E-state index contributed by atoms with van der Waals surface area (Å²) in [5.41, 5.74) is 0.106. The van der Waals surface area contributed by atoms with E-state index in [1.54, 1.807) is 0 Å². The zero-order valence-electron chi connectivity index (χ0n) is 11.2. The van der Waals surface area contributed by atoms with E-state index >= 15 is 0 Å². The third kappa shape index (κ3) is 2.14. The van der Waals surface area contributed by atoms with Gasteiger partial charge in [0.05, 0.1) is 6.10 Å². The maximum absolute atomic E-state index is 10.5. The van der Waals surface area contributed by atoms with E-state index in [0.29, 0.717) is 12.1 Å². The maximum Gasteiger partial charge on any atom is 0.0746 e. The molecule has 2 heteroatoms. The lowest BCUT2D eigenvalue weighted by Crippen LogP contribution is -2.53. The van der Waals surface area contributed by atoms with Crippen LogP contribution in [0.2, 0.25) is 0 Å². The summed E-state index contributed by atoms with van der Waals surface area (Å²) in [6.07, 6.45) is 4.77. The molecule has 0 bridgehead atoms. The number of hydrogen-bond donors (Lipinski definition) is 1. The highest BCUT2D eigenvalue weighted by Crippen LogP contribution is 2.40. The summed E-state index contributed by atoms with van der Waals surface area (Å²) < 4.78 is 0. The Morgan fingerprint density at radius 2 is 1.94 bits per heavy atom. The number of rotatable bonds is 1. The van der Waals surface area contributed by atoms with Gasteiger partial charge in [0.1, 0.15) is 0 Å². The molecule has 1 aliphatic carbocycles. The van der Waals surface area contributed by atoms with E-state index < -0.39 is 0 Å². The summed E-state index contributed by atoms with van der Waals surface area (Å²) in [4.78, 5) is 2.57. The van der Waals surface area contributed by atoms with Gasteiger partial charge in [0.2, 0.25) is 0 Å². The molecule has 0 radical (unpaired) electrons. The molecular weight excluding hydrogens is 198 g/mol. The lowest BCUT2D eigenvalue weighted by atomic mass is 9.72. The Morgan fingerprint density at radius 3 is 2.50 bits per heavy atom. The highest BCUT2D eigenvalue weighted by molar-refractivity contribution is 4.97. The topological polar surface area (TPSA) is 23.5 Å². The van der Waals surface area contributed by atoms with Crippen molar-refractivity contribution in [3.63, 3.8) is 0 Å². The van der Waals surface area contributed by atoms with Crippen LogP contribution in [0.25, 0.3) is 0 Å². The molecule has 1 N–H and O–H groups in total. The van der Waals surface area contributed by atoms with Crippen LogP contribution < -0.4 is 0 Å². The number of hydrogen-bond acceptors (Lipinski definition) is 2. The number of aliphatic hydroxyl groups excluding tert-OH is 1. The van der Waals surface area contributed by atoms with E-state index in [-0.39, 0.29) is 11.5 Å². The van der Waals surface area contributed by atoms with Crippen LogP contribution in [0.3, 0.4) is 0 Å². The standard InChI is InChI=1S/C14H27NO/c1-10-8-11(2)15(9-10)12-6-5-7-14(3,4)13(12)16/h10-13,16H,5-9H2,1-4H3. The zero-order chi connectivity index (χ0) is 11.9. The van der Waals surface area contributed by atoms with Crippen LogP contribution in [-0.4, -0.2) is 34.7 Å². The van der Waals surface area contributed by atoms with Gasteiger partial charge in [-0.25, -0.2) is 0 Å². The molecule has 1 saturated heterocycles. The maximum atomic E-state index is 10.5. The van der Waals surface area contributed by atoms with Gasteiger partial charge in [0, 0.05) is 18.6 Å². The van der Waals surface area contributed by atoms with E-state index in [1.807, 2.05) is 0 Å². The number of nitrogens with zero attached hydrogens (tertiary/aromatic N) is 1. The van der Waals surface area contributed by atoms with Gasteiger partial charge in [0.15, 0.2) is 0 Å². The van der Waals surface area contributed by atoms with Crippen LogP contribution in [-0.2, 0) is 0 Å². The van der Waals surface area contributed by atoms with E-state index in [1.165, 1.54) is 32.2 Å². The smallest absolute Gasteiger partial charge is 0.0746 e. The summed E-state index contributed by atoms with van der Waals surface area (Å²) in [5, 5.41) is 10.5. The van der Waals surface area contributed by atoms with Gasteiger partial charge < -0.3 is 5.11 Å². The molecule has 0 amide bonds. The summed E-state index contributed by atoms with van der Waals surface area (Å²) in [5.74, 6) is 0.798. The summed E-state index contributed by atoms with van der Waals surface area (Å²) in [7, 11) is 0. The Bertz CT molecular complexity index is 251. The van der Waals surface area contributed by atoms with Gasteiger partial charge in [-0.3, -0.25) is 4.90 Å². The molecule has 4 atom stereocenters. The lowest BCUT2D eigenvalue weighted by Gasteiger charge is -2.46. The summed E-state index contributed by atoms with van der Waals surface area (Å²) in [6, 6.07) is 1.06. The molecule has 4 unspecified atom stereocenters. The molecule has 16 heavy (non-hydrogen) atoms. The van der Waals surface area contributed by atoms with Gasteiger partial charge in [0.25, 0.3) is 0 Å². The molecule has 2 aliphatic rings. The molecular formula is C14H27NO. The number of likely N-dealkylation sites (tertiary alicyclic amines) is 1. The molecule has 2 fully saturated rings. The van der Waals surface area contributed by atoms with Crippen molar-refractivity contribution in [1.29, 1.82) is 0 Å². The average Bonchev–Trinajstić information content (AvgIpc) is 2.50. The molecule has 1 heterocycles. The van der Waals surface area contributed by atoms with E-state index in [0.717, 1.165) is 5.92 Å². The van der Waals surface area contributed by atoms with Gasteiger partial charge in [-0.2, -0.15) is 0 Å². The Kier molecular flexibility index (Phi) is 3.33. The molecule has 2 rings (SSSR count). The average molecular weight is 225 g/mol. The second-order valence-electron chi connectivity index (χ2n) is 6.78. The van der Waals surface area contributed by atoms with Crippen LogP contribution in [0, 0.1) is 11.3 Å². The fourth-order valence-electron chi connectivity index (χ4n) is 3.73. The minimum atomic E-state index is -0.144. The second kappa shape index (κ2) is 4.30. The van der Waals surface area contributed by atoms with Crippen molar-refractivity contribution in [3.8, 4) is 0 Å². The van der Waals surface area contributed by atoms with Crippen LogP contribution in [0.5, 0.6) is 0 Å². The molecule has 1 aliphatic heterocycles. The van der Waals surface area contributed by atoms with Crippen molar-refractivity contribution in [1.82, 2.24) is 4.90 Å². The SMILES string of the molecule is CC1CC(C)N(C2CCCC(C)(C)C2O)C1. The van der Waals surface area contributed by atoms with Crippen LogP contribution in [0.15, 0.2) is 0 Å². The fraction of sp³-hybridized carbons (Fsp3) is 1.00. The highest BCUT2D eigenvalue weighted by Gasteiger charge is 2.43. The summed E-state index contributed by atoms with van der Waals surface area (Å²) in [6.45, 7) is 10.3. The van der Waals surface area contributed by atoms with Crippen LogP contribution >= 0.6 is 0 Å². The quantitative estimate of drug-likeness (QED) is 0.741. The van der Waals surface area contributed by atoms with Crippen molar-refractivity contribution in [3.05, 3.63) is 0 Å². The van der Waals surface area contributed by atoms with Crippen molar-refractivity contribution in [2.45, 2.75) is 71.6 Å². The Labute approximate surface area is 100 Å². The predicted octanol–water partition coefficient (Wildman–Crippen LogP) is 2.66. The van der Waals surface area contributed by atoms with Crippen molar-refractivity contribution in [2.75, 3.05) is 6.54 Å². The molecule has 0 aromatic rings. The molecule has 94 valence electrons. The van der Waals surface area contributed by atoms with Gasteiger partial charge in [-0.15, -0.1) is 0 Å². The normalized spacial score (nSPS) is 44.8. The van der Waals surface area contributed by atoms with Gasteiger partial charge in [-0.1, -0.05) is 27.2 Å². The second-order valence-corrected chi connectivity index (χ2v) is 6.78. The lowest BCUT2D eigenvalue weighted by molar-refractivity contribution is -0.0598.